The van der Waals surface area contributed by atoms with Gasteiger partial charge in [-0.1, -0.05) is 0 Å². The Bertz CT molecular complexity index is 104. The highest BCUT2D eigenvalue weighted by atomic mass is 28.4. The van der Waals surface area contributed by atoms with E-state index in [9.17, 15) is 0 Å². The molecular weight excluding hydrogens is 228 g/mol. The summed E-state index contributed by atoms with van der Waals surface area (Å²) in [6, 6.07) is 0.880. The Balaban J connectivity index is 2.11. The molecule has 1 aliphatic rings. The highest BCUT2D eigenvalue weighted by Gasteiger charge is 2.14. The van der Waals surface area contributed by atoms with Crippen molar-refractivity contribution in [2.24, 2.45) is 0 Å². The molecule has 0 aliphatic carbocycles. The molecule has 1 fully saturated rings. The van der Waals surface area contributed by atoms with Crippen molar-refractivity contribution in [2.75, 3.05) is 6.61 Å². The fourth-order valence-corrected chi connectivity index (χ4v) is 9.74. The van der Waals surface area contributed by atoms with E-state index in [1.165, 1.54) is 0 Å². The number of hydrogen-bond donors (Lipinski definition) is 1. The lowest BCUT2D eigenvalue weighted by Gasteiger charge is -2.19. The van der Waals surface area contributed by atoms with E-state index in [1.54, 1.807) is 0 Å². The summed E-state index contributed by atoms with van der Waals surface area (Å²) in [4.78, 5) is 0. The van der Waals surface area contributed by atoms with E-state index >= 15 is 0 Å². The third kappa shape index (κ3) is 4.63. The van der Waals surface area contributed by atoms with Crippen LogP contribution in [0.1, 0.15) is 6.42 Å². The van der Waals surface area contributed by atoms with Crippen molar-refractivity contribution in [3.05, 3.63) is 0 Å². The Morgan fingerprint density at radius 3 is 2.33 bits per heavy atom. The quantitative estimate of drug-likeness (QED) is 0.525. The van der Waals surface area contributed by atoms with Gasteiger partial charge in [-0.2, -0.15) is 0 Å². The van der Waals surface area contributed by atoms with E-state index in [2.05, 4.69) is 0 Å². The SMILES string of the molecule is OCCC[SiH]1O[SiH2]O[SiH2]O[SiH2]O1. The highest BCUT2D eigenvalue weighted by Crippen LogP contribution is 2.01. The molecule has 0 amide bonds. The first-order chi connectivity index (χ1) is 5.93. The van der Waals surface area contributed by atoms with E-state index in [1.807, 2.05) is 0 Å². The van der Waals surface area contributed by atoms with Gasteiger partial charge in [0.15, 0.2) is 0 Å². The Labute approximate surface area is 80.4 Å². The van der Waals surface area contributed by atoms with Crippen LogP contribution in [0.5, 0.6) is 0 Å². The molecule has 1 aliphatic heterocycles. The summed E-state index contributed by atoms with van der Waals surface area (Å²) in [5.41, 5.74) is 0. The van der Waals surface area contributed by atoms with Crippen molar-refractivity contribution in [1.29, 1.82) is 0 Å². The molecule has 9 heteroatoms. The van der Waals surface area contributed by atoms with Crippen molar-refractivity contribution in [3.63, 3.8) is 0 Å². The van der Waals surface area contributed by atoms with Crippen LogP contribution >= 0.6 is 0 Å². The maximum atomic E-state index is 8.60. The zero-order valence-corrected chi connectivity index (χ0v) is 12.3. The second-order valence-corrected chi connectivity index (χ2v) is 10.5. The first-order valence-corrected chi connectivity index (χ1v) is 9.15. The minimum absolute atomic E-state index is 0.218. The summed E-state index contributed by atoms with van der Waals surface area (Å²) >= 11 is 0. The molecule has 0 saturated carbocycles. The molecule has 1 N–H and O–H groups in total. The Morgan fingerprint density at radius 1 is 1.08 bits per heavy atom. The van der Waals surface area contributed by atoms with Crippen molar-refractivity contribution < 1.29 is 21.6 Å². The number of rotatable bonds is 3. The van der Waals surface area contributed by atoms with Crippen LogP contribution in [-0.4, -0.2) is 51.0 Å². The Kier molecular flexibility index (Phi) is 6.37. The maximum absolute atomic E-state index is 8.60. The minimum Gasteiger partial charge on any atom is -0.425 e. The lowest BCUT2D eigenvalue weighted by atomic mass is 10.5. The molecule has 0 radical (unpaired) electrons. The van der Waals surface area contributed by atoms with Crippen LogP contribution in [0, 0.1) is 0 Å². The molecule has 0 unspecified atom stereocenters. The third-order valence-corrected chi connectivity index (χ3v) is 9.05. The third-order valence-electron chi connectivity index (χ3n) is 1.44. The van der Waals surface area contributed by atoms with Crippen LogP contribution in [0.3, 0.4) is 0 Å². The van der Waals surface area contributed by atoms with Crippen LogP contribution in [0.25, 0.3) is 0 Å². The second-order valence-electron chi connectivity index (χ2n) is 2.39. The maximum Gasteiger partial charge on any atom is 0.303 e. The van der Waals surface area contributed by atoms with Gasteiger partial charge >= 0.3 is 9.28 Å². The van der Waals surface area contributed by atoms with Gasteiger partial charge in [-0.15, -0.1) is 0 Å². The zero-order chi connectivity index (χ0) is 8.65. The Morgan fingerprint density at radius 2 is 1.75 bits per heavy atom. The molecule has 1 heterocycles. The fourth-order valence-electron chi connectivity index (χ4n) is 0.848. The molecule has 0 bridgehead atoms. The van der Waals surface area contributed by atoms with Gasteiger partial charge in [-0.3, -0.25) is 0 Å². The van der Waals surface area contributed by atoms with Gasteiger partial charge in [0.1, 0.15) is 0 Å². The van der Waals surface area contributed by atoms with Crippen LogP contribution in [-0.2, 0) is 16.5 Å². The number of aliphatic hydroxyl groups is 1. The standard InChI is InChI=1S/C3H14O5Si4/c4-2-1-3-12-7-10-5-9-6-11-8-12/h4,12H,1-3,9-11H2. The summed E-state index contributed by atoms with van der Waals surface area (Å²) in [5.74, 6) is 0. The van der Waals surface area contributed by atoms with E-state index in [4.69, 9.17) is 21.6 Å². The van der Waals surface area contributed by atoms with E-state index in [0.29, 0.717) is 0 Å². The molecule has 0 atom stereocenters. The van der Waals surface area contributed by atoms with Crippen LogP contribution in [0.4, 0.5) is 0 Å². The van der Waals surface area contributed by atoms with Crippen molar-refractivity contribution in [1.82, 2.24) is 0 Å². The predicted molar refractivity (Wildman–Crippen MR) is 53.6 cm³/mol. The lowest BCUT2D eigenvalue weighted by Crippen LogP contribution is -2.33. The topological polar surface area (TPSA) is 57.2 Å². The molecule has 12 heavy (non-hydrogen) atoms. The normalized spacial score (nSPS) is 32.2. The predicted octanol–water partition coefficient (Wildman–Crippen LogP) is -3.33. The van der Waals surface area contributed by atoms with Crippen molar-refractivity contribution in [2.45, 2.75) is 12.5 Å². The molecule has 0 spiro atoms. The summed E-state index contributed by atoms with van der Waals surface area (Å²) in [7, 11) is -3.85. The zero-order valence-electron chi connectivity index (χ0n) is 6.90. The van der Waals surface area contributed by atoms with Gasteiger partial charge in [-0.05, 0) is 12.5 Å². The second kappa shape index (κ2) is 7.11. The summed E-state index contributed by atoms with van der Waals surface area (Å²) in [5, 5.41) is 8.60. The highest BCUT2D eigenvalue weighted by molar-refractivity contribution is 6.59. The molecular formula is C3H14O5Si4. The largest absolute Gasteiger partial charge is 0.425 e. The van der Waals surface area contributed by atoms with Crippen molar-refractivity contribution >= 4 is 39.3 Å². The van der Waals surface area contributed by atoms with Crippen molar-refractivity contribution in [3.8, 4) is 0 Å². The number of aliphatic hydroxyl groups excluding tert-OH is 1. The van der Waals surface area contributed by atoms with Gasteiger partial charge in [0.25, 0.3) is 30.0 Å². The lowest BCUT2D eigenvalue weighted by molar-refractivity contribution is 0.284. The molecule has 1 saturated heterocycles. The molecule has 72 valence electrons. The Hall–Kier alpha value is 0.668. The van der Waals surface area contributed by atoms with Gasteiger partial charge in [0, 0.05) is 6.61 Å². The molecule has 0 aromatic rings. The molecule has 5 nitrogen and oxygen atoms in total. The monoisotopic (exact) mass is 242 g/mol. The first-order valence-electron chi connectivity index (χ1n) is 3.93. The van der Waals surface area contributed by atoms with E-state index in [0.717, 1.165) is 12.5 Å². The average Bonchev–Trinajstić information content (AvgIpc) is 2.02. The van der Waals surface area contributed by atoms with Crippen LogP contribution < -0.4 is 0 Å². The van der Waals surface area contributed by atoms with E-state index in [-0.39, 0.29) is 6.61 Å². The fraction of sp³-hybridized carbons (Fsp3) is 1.00. The van der Waals surface area contributed by atoms with Crippen LogP contribution in [0.2, 0.25) is 6.04 Å². The molecule has 0 aromatic carbocycles. The summed E-state index contributed by atoms with van der Waals surface area (Å²) in [6.07, 6.45) is 0.775. The molecule has 1 rings (SSSR count). The van der Waals surface area contributed by atoms with Gasteiger partial charge in [0.05, 0.1) is 0 Å². The average molecular weight is 242 g/mol. The molecule has 0 aromatic heterocycles. The first kappa shape index (κ1) is 10.7. The van der Waals surface area contributed by atoms with Crippen LogP contribution in [0.15, 0.2) is 0 Å². The number of hydrogen-bond acceptors (Lipinski definition) is 5. The summed E-state index contributed by atoms with van der Waals surface area (Å²) in [6.45, 7) is 0.218. The minimum atomic E-state index is -1.48. The van der Waals surface area contributed by atoms with Gasteiger partial charge in [0.2, 0.25) is 0 Å². The smallest absolute Gasteiger partial charge is 0.303 e. The summed E-state index contributed by atoms with van der Waals surface area (Å²) < 4.78 is 21.5. The van der Waals surface area contributed by atoms with Gasteiger partial charge in [-0.25, -0.2) is 0 Å². The van der Waals surface area contributed by atoms with Gasteiger partial charge < -0.3 is 21.6 Å². The van der Waals surface area contributed by atoms with E-state index < -0.39 is 39.3 Å².